The van der Waals surface area contributed by atoms with E-state index >= 15 is 0 Å². The maximum atomic E-state index is 13.1. The molecule has 36 heavy (non-hydrogen) atoms. The molecular weight excluding hydrogens is 454 g/mol. The number of para-hydroxylation sites is 1. The molecule has 1 N–H and O–H groups in total. The van der Waals surface area contributed by atoms with E-state index in [4.69, 9.17) is 14.1 Å². The number of pyridine rings is 1. The molecule has 0 atom stereocenters. The summed E-state index contributed by atoms with van der Waals surface area (Å²) >= 11 is 0. The van der Waals surface area contributed by atoms with Crippen LogP contribution >= 0.6 is 0 Å². The maximum Gasteiger partial charge on any atom is 0.340 e. The van der Waals surface area contributed by atoms with Gasteiger partial charge >= 0.3 is 5.97 Å². The number of nitrogens with zero attached hydrogens (tertiary/aromatic N) is 2. The van der Waals surface area contributed by atoms with Gasteiger partial charge in [0.1, 0.15) is 5.76 Å². The first-order valence-electron chi connectivity index (χ1n) is 12.2. The number of likely N-dealkylation sites (tertiary alicyclic amines) is 1. The van der Waals surface area contributed by atoms with Crippen LogP contribution in [0.2, 0.25) is 0 Å². The second-order valence-electron chi connectivity index (χ2n) is 9.12. The minimum Gasteiger partial charge on any atom is -0.465 e. The highest BCUT2D eigenvalue weighted by Crippen LogP contribution is 2.34. The van der Waals surface area contributed by atoms with E-state index in [2.05, 4.69) is 10.2 Å². The van der Waals surface area contributed by atoms with E-state index < -0.39 is 5.97 Å². The second-order valence-corrected chi connectivity index (χ2v) is 9.12. The fraction of sp³-hybridized carbons (Fsp3) is 0.276. The van der Waals surface area contributed by atoms with E-state index in [1.54, 1.807) is 12.1 Å². The zero-order chi connectivity index (χ0) is 25.1. The number of furan rings is 1. The maximum absolute atomic E-state index is 13.1. The summed E-state index contributed by atoms with van der Waals surface area (Å²) in [6, 6.07) is 21.4. The van der Waals surface area contributed by atoms with Crippen LogP contribution in [0.3, 0.4) is 0 Å². The molecule has 184 valence electrons. The molecule has 1 aliphatic heterocycles. The molecule has 7 heteroatoms. The highest BCUT2D eigenvalue weighted by molar-refractivity contribution is 6.07. The lowest BCUT2D eigenvalue weighted by Gasteiger charge is -2.32. The first kappa shape index (κ1) is 23.8. The molecule has 1 saturated heterocycles. The largest absolute Gasteiger partial charge is 0.465 e. The van der Waals surface area contributed by atoms with Crippen LogP contribution in [-0.4, -0.2) is 48.0 Å². The summed E-state index contributed by atoms with van der Waals surface area (Å²) in [5, 5.41) is 4.00. The average molecular weight is 484 g/mol. The van der Waals surface area contributed by atoms with Gasteiger partial charge in [0.05, 0.1) is 23.9 Å². The minimum atomic E-state index is -0.391. The summed E-state index contributed by atoms with van der Waals surface area (Å²) in [5.41, 5.74) is 3.85. The molecule has 0 saturated carbocycles. The van der Waals surface area contributed by atoms with Crippen molar-refractivity contribution in [2.24, 2.45) is 0 Å². The quantitative estimate of drug-likeness (QED) is 0.389. The SMILES string of the molecule is COC(=O)c1c(CN2CCC(NC(=O)c3ccc(C)o3)CC2)nc2ccccc2c1-c1ccccc1. The Hall–Kier alpha value is -3.97. The summed E-state index contributed by atoms with van der Waals surface area (Å²) in [4.78, 5) is 32.7. The first-order chi connectivity index (χ1) is 17.5. The number of carbonyl (C=O) groups excluding carboxylic acids is 2. The highest BCUT2D eigenvalue weighted by atomic mass is 16.5. The number of ether oxygens (including phenoxy) is 1. The molecule has 0 aliphatic carbocycles. The normalized spacial score (nSPS) is 14.6. The number of hydrogen-bond acceptors (Lipinski definition) is 6. The van der Waals surface area contributed by atoms with Crippen molar-refractivity contribution < 1.29 is 18.7 Å². The topological polar surface area (TPSA) is 84.7 Å². The summed E-state index contributed by atoms with van der Waals surface area (Å²) in [7, 11) is 1.41. The summed E-state index contributed by atoms with van der Waals surface area (Å²) in [5.74, 6) is 0.483. The smallest absolute Gasteiger partial charge is 0.340 e. The van der Waals surface area contributed by atoms with Crippen molar-refractivity contribution in [3.8, 4) is 11.1 Å². The number of hydrogen-bond donors (Lipinski definition) is 1. The molecule has 7 nitrogen and oxygen atoms in total. The molecule has 0 bridgehead atoms. The van der Waals surface area contributed by atoms with Crippen LogP contribution in [0.25, 0.3) is 22.0 Å². The lowest BCUT2D eigenvalue weighted by molar-refractivity contribution is 0.0597. The van der Waals surface area contributed by atoms with E-state index in [1.807, 2.05) is 61.5 Å². The molecule has 4 aromatic rings. The van der Waals surface area contributed by atoms with Crippen molar-refractivity contribution in [2.45, 2.75) is 32.4 Å². The Bertz CT molecular complexity index is 1390. The molecule has 1 amide bonds. The molecular formula is C29H29N3O4. The zero-order valence-electron chi connectivity index (χ0n) is 20.5. The number of amides is 1. The number of piperidine rings is 1. The van der Waals surface area contributed by atoms with E-state index in [0.717, 1.165) is 48.0 Å². The van der Waals surface area contributed by atoms with Crippen LogP contribution < -0.4 is 5.32 Å². The van der Waals surface area contributed by atoms with E-state index in [0.29, 0.717) is 29.3 Å². The van der Waals surface area contributed by atoms with E-state index in [1.165, 1.54) is 7.11 Å². The monoisotopic (exact) mass is 483 g/mol. The van der Waals surface area contributed by atoms with Gasteiger partial charge in [-0.3, -0.25) is 14.7 Å². The number of aromatic nitrogens is 1. The fourth-order valence-electron chi connectivity index (χ4n) is 4.86. The standard InChI is InChI=1S/C29H29N3O4/c1-19-12-13-25(36-19)28(33)30-21-14-16-32(17-15-21)18-24-27(29(34)35-2)26(20-8-4-3-5-9-20)22-10-6-7-11-23(22)31-24/h3-13,21H,14-18H2,1-2H3,(H,30,33). The van der Waals surface area contributed by atoms with Gasteiger partial charge in [0.15, 0.2) is 5.76 Å². The molecule has 0 spiro atoms. The van der Waals surface area contributed by atoms with Crippen LogP contribution in [0.15, 0.2) is 71.1 Å². The molecule has 2 aromatic carbocycles. The first-order valence-corrected chi connectivity index (χ1v) is 12.2. The van der Waals surface area contributed by atoms with Crippen LogP contribution in [0, 0.1) is 6.92 Å². The Labute approximate surface area is 210 Å². The minimum absolute atomic E-state index is 0.0728. The Kier molecular flexibility index (Phi) is 6.82. The molecule has 1 aliphatic rings. The highest BCUT2D eigenvalue weighted by Gasteiger charge is 2.27. The van der Waals surface area contributed by atoms with Gasteiger partial charge in [0, 0.05) is 36.6 Å². The number of esters is 1. The van der Waals surface area contributed by atoms with Crippen molar-refractivity contribution in [3.05, 3.63) is 89.5 Å². The number of benzene rings is 2. The number of fused-ring (bicyclic) bond motifs is 1. The Balaban J connectivity index is 1.40. The van der Waals surface area contributed by atoms with Crippen LogP contribution in [0.4, 0.5) is 0 Å². The Morgan fingerprint density at radius 3 is 2.44 bits per heavy atom. The van der Waals surface area contributed by atoms with Gasteiger partial charge in [-0.1, -0.05) is 48.5 Å². The lowest BCUT2D eigenvalue weighted by atomic mass is 9.93. The third-order valence-electron chi connectivity index (χ3n) is 6.68. The predicted octanol–water partition coefficient (Wildman–Crippen LogP) is 4.98. The predicted molar refractivity (Wildman–Crippen MR) is 138 cm³/mol. The van der Waals surface area contributed by atoms with Crippen molar-refractivity contribution in [2.75, 3.05) is 20.2 Å². The van der Waals surface area contributed by atoms with Gasteiger partial charge < -0.3 is 14.5 Å². The second kappa shape index (κ2) is 10.3. The van der Waals surface area contributed by atoms with E-state index in [9.17, 15) is 9.59 Å². The van der Waals surface area contributed by atoms with Crippen molar-refractivity contribution >= 4 is 22.8 Å². The molecule has 5 rings (SSSR count). The van der Waals surface area contributed by atoms with Gasteiger partial charge in [0.25, 0.3) is 5.91 Å². The molecule has 3 heterocycles. The lowest BCUT2D eigenvalue weighted by Crippen LogP contribution is -2.44. The summed E-state index contributed by atoms with van der Waals surface area (Å²) < 4.78 is 10.7. The van der Waals surface area contributed by atoms with Crippen LogP contribution in [0.5, 0.6) is 0 Å². The number of aryl methyl sites for hydroxylation is 1. The van der Waals surface area contributed by atoms with Gasteiger partial charge in [-0.15, -0.1) is 0 Å². The number of rotatable bonds is 6. The zero-order valence-corrected chi connectivity index (χ0v) is 20.5. The number of methoxy groups -OCH3 is 1. The summed E-state index contributed by atoms with van der Waals surface area (Å²) in [6.07, 6.45) is 1.61. The van der Waals surface area contributed by atoms with Crippen LogP contribution in [-0.2, 0) is 11.3 Å². The third-order valence-corrected chi connectivity index (χ3v) is 6.68. The van der Waals surface area contributed by atoms with Gasteiger partial charge in [-0.25, -0.2) is 4.79 Å². The van der Waals surface area contributed by atoms with Crippen molar-refractivity contribution in [1.82, 2.24) is 15.2 Å². The van der Waals surface area contributed by atoms with Crippen molar-refractivity contribution in [1.29, 1.82) is 0 Å². The van der Waals surface area contributed by atoms with Gasteiger partial charge in [-0.05, 0) is 43.5 Å². The Morgan fingerprint density at radius 2 is 1.75 bits per heavy atom. The fourth-order valence-corrected chi connectivity index (χ4v) is 4.86. The number of nitrogens with one attached hydrogen (secondary N) is 1. The summed E-state index contributed by atoms with van der Waals surface area (Å²) in [6.45, 7) is 3.89. The number of carbonyl (C=O) groups is 2. The third kappa shape index (κ3) is 4.88. The molecule has 0 unspecified atom stereocenters. The molecule has 1 fully saturated rings. The van der Waals surface area contributed by atoms with Gasteiger partial charge in [0.2, 0.25) is 0 Å². The van der Waals surface area contributed by atoms with Crippen molar-refractivity contribution in [3.63, 3.8) is 0 Å². The van der Waals surface area contributed by atoms with Gasteiger partial charge in [-0.2, -0.15) is 0 Å². The Morgan fingerprint density at radius 1 is 1.03 bits per heavy atom. The van der Waals surface area contributed by atoms with Crippen LogP contribution in [0.1, 0.15) is 45.2 Å². The van der Waals surface area contributed by atoms with E-state index in [-0.39, 0.29) is 11.9 Å². The average Bonchev–Trinajstić information content (AvgIpc) is 3.35. The molecule has 2 aromatic heterocycles. The molecule has 0 radical (unpaired) electrons.